The van der Waals surface area contributed by atoms with Crippen molar-refractivity contribution >= 4 is 15.9 Å². The zero-order valence-corrected chi connectivity index (χ0v) is 14.1. The fourth-order valence-electron chi connectivity index (χ4n) is 3.02. The normalized spacial score (nSPS) is 26.1. The molecule has 1 atom stereocenters. The van der Waals surface area contributed by atoms with Crippen LogP contribution in [0.25, 0.3) is 0 Å². The van der Waals surface area contributed by atoms with E-state index in [2.05, 4.69) is 39.6 Å². The minimum Gasteiger partial charge on any atom is -0.374 e. The summed E-state index contributed by atoms with van der Waals surface area (Å²) in [5.74, 6) is 0. The zero-order chi connectivity index (χ0) is 13.7. The van der Waals surface area contributed by atoms with Gasteiger partial charge in [0.05, 0.1) is 12.7 Å². The first-order valence-corrected chi connectivity index (χ1v) is 8.98. The van der Waals surface area contributed by atoms with Crippen LogP contribution in [0.3, 0.4) is 0 Å². The van der Waals surface area contributed by atoms with Gasteiger partial charge in [0, 0.05) is 37.0 Å². The molecule has 0 N–H and O–H groups in total. The van der Waals surface area contributed by atoms with E-state index in [1.165, 1.54) is 32.2 Å². The van der Waals surface area contributed by atoms with Gasteiger partial charge in [-0.05, 0) is 39.7 Å². The van der Waals surface area contributed by atoms with Gasteiger partial charge < -0.3 is 4.74 Å². The Morgan fingerprint density at radius 1 is 1.37 bits per heavy atom. The fraction of sp³-hybridized carbons (Fsp3) is 1.00. The van der Waals surface area contributed by atoms with Gasteiger partial charge >= 0.3 is 0 Å². The van der Waals surface area contributed by atoms with E-state index in [4.69, 9.17) is 4.74 Å². The minimum atomic E-state index is 0.409. The molecule has 0 aromatic heterocycles. The fourth-order valence-corrected chi connectivity index (χ4v) is 3.27. The van der Waals surface area contributed by atoms with E-state index in [1.807, 2.05) is 0 Å². The van der Waals surface area contributed by atoms with E-state index in [0.717, 1.165) is 37.6 Å². The molecule has 0 aromatic carbocycles. The van der Waals surface area contributed by atoms with Crippen LogP contribution in [-0.2, 0) is 4.74 Å². The molecule has 2 fully saturated rings. The number of hydrogen-bond acceptors (Lipinski definition) is 3. The van der Waals surface area contributed by atoms with Crippen LogP contribution in [0, 0.1) is 0 Å². The molecular weight excluding hydrogens is 304 g/mol. The molecule has 4 heteroatoms. The van der Waals surface area contributed by atoms with E-state index in [-0.39, 0.29) is 0 Å². The van der Waals surface area contributed by atoms with Crippen LogP contribution in [-0.4, -0.2) is 66.1 Å². The Kier molecular flexibility index (Phi) is 6.60. The molecule has 1 saturated carbocycles. The summed E-state index contributed by atoms with van der Waals surface area (Å²) in [6.07, 6.45) is 5.86. The number of ether oxygens (including phenoxy) is 1. The summed E-state index contributed by atoms with van der Waals surface area (Å²) in [7, 11) is 0. The third-order valence-electron chi connectivity index (χ3n) is 4.51. The molecule has 1 saturated heterocycles. The van der Waals surface area contributed by atoms with Crippen LogP contribution in [0.1, 0.15) is 39.5 Å². The van der Waals surface area contributed by atoms with Crippen LogP contribution < -0.4 is 0 Å². The first-order chi connectivity index (χ1) is 9.20. The van der Waals surface area contributed by atoms with Crippen molar-refractivity contribution < 1.29 is 4.74 Å². The molecule has 0 radical (unpaired) electrons. The first-order valence-electron chi connectivity index (χ1n) is 7.86. The quantitative estimate of drug-likeness (QED) is 0.667. The molecule has 0 bridgehead atoms. The van der Waals surface area contributed by atoms with E-state index in [9.17, 15) is 0 Å². The van der Waals surface area contributed by atoms with Crippen LogP contribution in [0.5, 0.6) is 0 Å². The van der Waals surface area contributed by atoms with Crippen molar-refractivity contribution in [2.45, 2.75) is 57.7 Å². The lowest BCUT2D eigenvalue weighted by Crippen LogP contribution is -2.52. The first kappa shape index (κ1) is 15.7. The Morgan fingerprint density at radius 3 is 2.74 bits per heavy atom. The van der Waals surface area contributed by atoms with Crippen LogP contribution in [0.4, 0.5) is 0 Å². The number of alkyl halides is 1. The van der Waals surface area contributed by atoms with Gasteiger partial charge in [-0.15, -0.1) is 0 Å². The molecule has 2 rings (SSSR count). The topological polar surface area (TPSA) is 15.7 Å². The smallest absolute Gasteiger partial charge is 0.0829 e. The summed E-state index contributed by atoms with van der Waals surface area (Å²) >= 11 is 3.55. The van der Waals surface area contributed by atoms with Gasteiger partial charge in [-0.3, -0.25) is 9.80 Å². The van der Waals surface area contributed by atoms with Crippen molar-refractivity contribution in [2.75, 3.05) is 38.1 Å². The van der Waals surface area contributed by atoms with Crippen molar-refractivity contribution in [3.63, 3.8) is 0 Å². The van der Waals surface area contributed by atoms with E-state index >= 15 is 0 Å². The summed E-state index contributed by atoms with van der Waals surface area (Å²) in [6, 6.07) is 1.48. The van der Waals surface area contributed by atoms with Crippen molar-refractivity contribution in [2.24, 2.45) is 0 Å². The number of hydrogen-bond donors (Lipinski definition) is 0. The standard InChI is InChI=1S/C15H29BrN2O/c1-13(2)17-9-10-19-15(11-17)12-18(8-4-7-16)14-5-3-6-14/h13-15H,3-12H2,1-2H3. The Bertz CT molecular complexity index is 259. The average molecular weight is 333 g/mol. The van der Waals surface area contributed by atoms with Gasteiger partial charge in [0.15, 0.2) is 0 Å². The third kappa shape index (κ3) is 4.69. The minimum absolute atomic E-state index is 0.409. The van der Waals surface area contributed by atoms with Crippen LogP contribution in [0.2, 0.25) is 0 Å². The summed E-state index contributed by atoms with van der Waals surface area (Å²) in [5.41, 5.74) is 0. The molecule has 1 unspecified atom stereocenters. The molecule has 2 aliphatic rings. The SMILES string of the molecule is CC(C)N1CCOC(CN(CCCBr)C2CCC2)C1. The van der Waals surface area contributed by atoms with Gasteiger partial charge in [0.25, 0.3) is 0 Å². The van der Waals surface area contributed by atoms with Gasteiger partial charge in [-0.1, -0.05) is 22.4 Å². The highest BCUT2D eigenvalue weighted by molar-refractivity contribution is 9.09. The van der Waals surface area contributed by atoms with Crippen LogP contribution >= 0.6 is 15.9 Å². The lowest BCUT2D eigenvalue weighted by atomic mass is 9.91. The van der Waals surface area contributed by atoms with Gasteiger partial charge in [0.1, 0.15) is 0 Å². The summed E-state index contributed by atoms with van der Waals surface area (Å²) < 4.78 is 5.99. The lowest BCUT2D eigenvalue weighted by molar-refractivity contribution is -0.0611. The van der Waals surface area contributed by atoms with Crippen molar-refractivity contribution in [1.82, 2.24) is 9.80 Å². The molecule has 1 aliphatic carbocycles. The molecule has 112 valence electrons. The van der Waals surface area contributed by atoms with Crippen molar-refractivity contribution in [3.05, 3.63) is 0 Å². The van der Waals surface area contributed by atoms with Gasteiger partial charge in [-0.2, -0.15) is 0 Å². The Hall–Kier alpha value is 0.360. The predicted octanol–water partition coefficient (Wildman–Crippen LogP) is 2.74. The molecule has 0 amide bonds. The van der Waals surface area contributed by atoms with E-state index in [0.29, 0.717) is 12.1 Å². The number of rotatable bonds is 7. The molecule has 0 aromatic rings. The highest BCUT2D eigenvalue weighted by atomic mass is 79.9. The molecule has 19 heavy (non-hydrogen) atoms. The van der Waals surface area contributed by atoms with Gasteiger partial charge in [0.2, 0.25) is 0 Å². The molecule has 1 aliphatic heterocycles. The maximum atomic E-state index is 5.99. The maximum absolute atomic E-state index is 5.99. The molecular formula is C15H29BrN2O. The number of morpholine rings is 1. The van der Waals surface area contributed by atoms with E-state index in [1.54, 1.807) is 0 Å². The average Bonchev–Trinajstić information content (AvgIpc) is 2.34. The Balaban J connectivity index is 1.81. The maximum Gasteiger partial charge on any atom is 0.0829 e. The predicted molar refractivity (Wildman–Crippen MR) is 84.1 cm³/mol. The number of halogens is 1. The van der Waals surface area contributed by atoms with Gasteiger partial charge in [-0.25, -0.2) is 0 Å². The Morgan fingerprint density at radius 2 is 2.16 bits per heavy atom. The second-order valence-electron chi connectivity index (χ2n) is 6.20. The van der Waals surface area contributed by atoms with Crippen molar-refractivity contribution in [1.29, 1.82) is 0 Å². The van der Waals surface area contributed by atoms with E-state index < -0.39 is 0 Å². The summed E-state index contributed by atoms with van der Waals surface area (Å²) in [6.45, 7) is 10.0. The third-order valence-corrected chi connectivity index (χ3v) is 5.07. The number of nitrogens with zero attached hydrogens (tertiary/aromatic N) is 2. The highest BCUT2D eigenvalue weighted by Gasteiger charge is 2.29. The zero-order valence-electron chi connectivity index (χ0n) is 12.5. The summed E-state index contributed by atoms with van der Waals surface area (Å²) in [4.78, 5) is 5.23. The molecule has 3 nitrogen and oxygen atoms in total. The highest BCUT2D eigenvalue weighted by Crippen LogP contribution is 2.26. The summed E-state index contributed by atoms with van der Waals surface area (Å²) in [5, 5.41) is 1.11. The second-order valence-corrected chi connectivity index (χ2v) is 7.00. The van der Waals surface area contributed by atoms with Crippen molar-refractivity contribution in [3.8, 4) is 0 Å². The second kappa shape index (κ2) is 7.96. The monoisotopic (exact) mass is 332 g/mol. The largest absolute Gasteiger partial charge is 0.374 e. The molecule has 1 heterocycles. The van der Waals surface area contributed by atoms with Crippen LogP contribution in [0.15, 0.2) is 0 Å². The molecule has 0 spiro atoms. The lowest BCUT2D eigenvalue weighted by Gasteiger charge is -2.42. The Labute approximate surface area is 126 Å².